The fourth-order valence-electron chi connectivity index (χ4n) is 1.69. The molecule has 0 bridgehead atoms. The summed E-state index contributed by atoms with van der Waals surface area (Å²) in [6, 6.07) is 5.70. The highest BCUT2D eigenvalue weighted by Crippen LogP contribution is 2.04. The van der Waals surface area contributed by atoms with Gasteiger partial charge in [0, 0.05) is 6.54 Å². The zero-order chi connectivity index (χ0) is 15.8. The topological polar surface area (TPSA) is 122 Å². The lowest BCUT2D eigenvalue weighted by Gasteiger charge is -2.13. The van der Waals surface area contributed by atoms with E-state index in [1.54, 1.807) is 0 Å². The van der Waals surface area contributed by atoms with Crippen LogP contribution in [-0.4, -0.2) is 29.1 Å². The Kier molecular flexibility index (Phi) is 6.19. The maximum Gasteiger partial charge on any atom is 0.326 e. The van der Waals surface area contributed by atoms with E-state index in [0.29, 0.717) is 0 Å². The number of carboxylic acids is 1. The first kappa shape index (κ1) is 16.5. The quantitative estimate of drug-likeness (QED) is 0.580. The molecular weight excluding hydrogens is 274 g/mol. The predicted molar refractivity (Wildman–Crippen MR) is 76.4 cm³/mol. The molecule has 0 spiro atoms. The van der Waals surface area contributed by atoms with E-state index >= 15 is 0 Å². The molecular formula is C14H19N3O4. The van der Waals surface area contributed by atoms with Gasteiger partial charge < -0.3 is 21.5 Å². The molecule has 1 unspecified atom stereocenters. The molecule has 0 aromatic heterocycles. The predicted octanol–water partition coefficient (Wildman–Crippen LogP) is 0.377. The monoisotopic (exact) mass is 293 g/mol. The number of aliphatic carboxylic acids is 1. The minimum absolute atomic E-state index is 0.263. The number of amides is 3. The average molecular weight is 293 g/mol. The Labute approximate surface area is 122 Å². The van der Waals surface area contributed by atoms with Gasteiger partial charge in [0.25, 0.3) is 0 Å². The fourth-order valence-corrected chi connectivity index (χ4v) is 1.69. The van der Waals surface area contributed by atoms with Crippen molar-refractivity contribution in [1.82, 2.24) is 10.6 Å². The zero-order valence-corrected chi connectivity index (χ0v) is 11.8. The van der Waals surface area contributed by atoms with Crippen LogP contribution in [0.5, 0.6) is 0 Å². The van der Waals surface area contributed by atoms with Gasteiger partial charge in [0.15, 0.2) is 0 Å². The van der Waals surface area contributed by atoms with Gasteiger partial charge >= 0.3 is 12.0 Å². The molecule has 21 heavy (non-hydrogen) atoms. The van der Waals surface area contributed by atoms with Gasteiger partial charge in [-0.3, -0.25) is 4.79 Å². The molecule has 1 atom stereocenters. The van der Waals surface area contributed by atoms with E-state index in [1.165, 1.54) is 5.56 Å². The fraction of sp³-hybridized carbons (Fsp3) is 0.357. The first-order valence-electron chi connectivity index (χ1n) is 6.55. The summed E-state index contributed by atoms with van der Waals surface area (Å²) < 4.78 is 0. The van der Waals surface area contributed by atoms with Gasteiger partial charge in [-0.05, 0) is 17.5 Å². The largest absolute Gasteiger partial charge is 0.480 e. The standard InChI is InChI=1S/C14H19N3O4/c1-2-9-3-5-10(6-4-9)8-16-14(21)17-11(13(19)20)7-12(15)18/h3-6,11H,2,7-8H2,1H3,(H2,15,18)(H,19,20)(H2,16,17,21). The molecule has 5 N–H and O–H groups in total. The summed E-state index contributed by atoms with van der Waals surface area (Å²) in [5.41, 5.74) is 7.01. The lowest BCUT2D eigenvalue weighted by Crippen LogP contribution is -2.47. The van der Waals surface area contributed by atoms with Crippen LogP contribution in [0.4, 0.5) is 4.79 Å². The Morgan fingerprint density at radius 3 is 2.24 bits per heavy atom. The zero-order valence-electron chi connectivity index (χ0n) is 11.8. The summed E-state index contributed by atoms with van der Waals surface area (Å²) in [7, 11) is 0. The number of carbonyl (C=O) groups excluding carboxylic acids is 2. The molecule has 1 rings (SSSR count). The normalized spacial score (nSPS) is 11.5. The van der Waals surface area contributed by atoms with E-state index in [-0.39, 0.29) is 6.54 Å². The van der Waals surface area contributed by atoms with Gasteiger partial charge in [0.1, 0.15) is 6.04 Å². The lowest BCUT2D eigenvalue weighted by molar-refractivity contribution is -0.140. The van der Waals surface area contributed by atoms with Crippen LogP contribution >= 0.6 is 0 Å². The van der Waals surface area contributed by atoms with Crippen LogP contribution in [0.25, 0.3) is 0 Å². The summed E-state index contributed by atoms with van der Waals surface area (Å²) in [4.78, 5) is 33.2. The van der Waals surface area contributed by atoms with Crippen LogP contribution in [0.3, 0.4) is 0 Å². The second kappa shape index (κ2) is 7.88. The minimum atomic E-state index is -1.33. The molecule has 0 saturated carbocycles. The highest BCUT2D eigenvalue weighted by Gasteiger charge is 2.21. The Bertz CT molecular complexity index is 513. The Balaban J connectivity index is 2.48. The number of benzene rings is 1. The van der Waals surface area contributed by atoms with Crippen LogP contribution in [-0.2, 0) is 22.6 Å². The third kappa shape index (κ3) is 5.94. The van der Waals surface area contributed by atoms with Crippen molar-refractivity contribution < 1.29 is 19.5 Å². The van der Waals surface area contributed by atoms with Gasteiger partial charge in [-0.1, -0.05) is 31.2 Å². The van der Waals surface area contributed by atoms with Gasteiger partial charge in [-0.2, -0.15) is 0 Å². The summed E-state index contributed by atoms with van der Waals surface area (Å²) in [6.07, 6.45) is 0.482. The number of rotatable bonds is 7. The number of hydrogen-bond donors (Lipinski definition) is 4. The van der Waals surface area contributed by atoms with E-state index < -0.39 is 30.4 Å². The number of aryl methyl sites for hydroxylation is 1. The molecule has 114 valence electrons. The number of hydrogen-bond acceptors (Lipinski definition) is 3. The Morgan fingerprint density at radius 1 is 1.19 bits per heavy atom. The summed E-state index contributed by atoms with van der Waals surface area (Å²) in [5, 5.41) is 13.6. The second-order valence-corrected chi connectivity index (χ2v) is 4.56. The minimum Gasteiger partial charge on any atom is -0.480 e. The van der Waals surface area contributed by atoms with E-state index in [4.69, 9.17) is 10.8 Å². The first-order chi connectivity index (χ1) is 9.92. The number of nitrogens with one attached hydrogen (secondary N) is 2. The van der Waals surface area contributed by atoms with Crippen molar-refractivity contribution in [1.29, 1.82) is 0 Å². The van der Waals surface area contributed by atoms with Gasteiger partial charge in [-0.25, -0.2) is 9.59 Å². The van der Waals surface area contributed by atoms with Gasteiger partial charge in [0.05, 0.1) is 6.42 Å². The van der Waals surface area contributed by atoms with E-state index in [0.717, 1.165) is 12.0 Å². The number of primary amides is 1. The maximum atomic E-state index is 11.6. The molecule has 7 heteroatoms. The highest BCUT2D eigenvalue weighted by atomic mass is 16.4. The lowest BCUT2D eigenvalue weighted by atomic mass is 10.1. The molecule has 1 aromatic carbocycles. The Morgan fingerprint density at radius 2 is 1.76 bits per heavy atom. The maximum absolute atomic E-state index is 11.6. The molecule has 0 heterocycles. The van der Waals surface area contributed by atoms with Crippen molar-refractivity contribution in [2.24, 2.45) is 5.73 Å². The van der Waals surface area contributed by atoms with Crippen LogP contribution < -0.4 is 16.4 Å². The molecule has 0 aliphatic carbocycles. The van der Waals surface area contributed by atoms with Crippen LogP contribution in [0.2, 0.25) is 0 Å². The van der Waals surface area contributed by atoms with Crippen LogP contribution in [0.1, 0.15) is 24.5 Å². The van der Waals surface area contributed by atoms with Crippen LogP contribution in [0.15, 0.2) is 24.3 Å². The number of carbonyl (C=O) groups is 3. The SMILES string of the molecule is CCc1ccc(CNC(=O)NC(CC(N)=O)C(=O)O)cc1. The van der Waals surface area contributed by atoms with E-state index in [1.807, 2.05) is 31.2 Å². The highest BCUT2D eigenvalue weighted by molar-refractivity contribution is 5.87. The number of urea groups is 1. The average Bonchev–Trinajstić information content (AvgIpc) is 2.44. The smallest absolute Gasteiger partial charge is 0.326 e. The molecule has 0 saturated heterocycles. The third-order valence-corrected chi connectivity index (χ3v) is 2.89. The van der Waals surface area contributed by atoms with Crippen molar-refractivity contribution in [2.75, 3.05) is 0 Å². The van der Waals surface area contributed by atoms with Gasteiger partial charge in [0.2, 0.25) is 5.91 Å². The molecule has 3 amide bonds. The molecule has 1 aromatic rings. The van der Waals surface area contributed by atoms with Crippen molar-refractivity contribution in [3.05, 3.63) is 35.4 Å². The summed E-state index contributed by atoms with van der Waals surface area (Å²) >= 11 is 0. The third-order valence-electron chi connectivity index (χ3n) is 2.89. The van der Waals surface area contributed by atoms with Crippen LogP contribution in [0, 0.1) is 0 Å². The molecule has 7 nitrogen and oxygen atoms in total. The summed E-state index contributed by atoms with van der Waals surface area (Å²) in [6.45, 7) is 2.31. The van der Waals surface area contributed by atoms with Gasteiger partial charge in [-0.15, -0.1) is 0 Å². The molecule has 0 aliphatic heterocycles. The number of nitrogens with two attached hydrogens (primary N) is 1. The van der Waals surface area contributed by atoms with Crippen molar-refractivity contribution >= 4 is 17.9 Å². The molecule has 0 radical (unpaired) electrons. The van der Waals surface area contributed by atoms with E-state index in [2.05, 4.69) is 10.6 Å². The van der Waals surface area contributed by atoms with Crippen molar-refractivity contribution in [3.8, 4) is 0 Å². The molecule has 0 fully saturated rings. The van der Waals surface area contributed by atoms with Crippen molar-refractivity contribution in [3.63, 3.8) is 0 Å². The first-order valence-corrected chi connectivity index (χ1v) is 6.55. The van der Waals surface area contributed by atoms with Crippen molar-refractivity contribution in [2.45, 2.75) is 32.4 Å². The number of carboxylic acid groups (broad SMARTS) is 1. The van der Waals surface area contributed by atoms with E-state index in [9.17, 15) is 14.4 Å². The Hall–Kier alpha value is -2.57. The molecule has 0 aliphatic rings. The second-order valence-electron chi connectivity index (χ2n) is 4.56. The summed E-state index contributed by atoms with van der Waals surface area (Å²) in [5.74, 6) is -2.10.